The predicted molar refractivity (Wildman–Crippen MR) is 81.7 cm³/mol. The summed E-state index contributed by atoms with van der Waals surface area (Å²) in [4.78, 5) is 3.63. The first-order chi connectivity index (χ1) is 11.8. The number of fused-ring (bicyclic) bond motifs is 1. The second-order valence-corrected chi connectivity index (χ2v) is 8.00. The van der Waals surface area contributed by atoms with Crippen molar-refractivity contribution in [3.63, 3.8) is 0 Å². The first-order valence-electron chi connectivity index (χ1n) is 8.06. The molecule has 0 unspecified atom stereocenters. The van der Waals surface area contributed by atoms with Crippen LogP contribution in [0.25, 0.3) is 0 Å². The second kappa shape index (κ2) is 7.08. The molecule has 0 N–H and O–H groups in total. The molecule has 2 heterocycles. The van der Waals surface area contributed by atoms with Gasteiger partial charge in [-0.15, -0.1) is 0 Å². The molecule has 0 amide bonds. The summed E-state index contributed by atoms with van der Waals surface area (Å²) in [7, 11) is -3.78. The summed E-state index contributed by atoms with van der Waals surface area (Å²) in [5.74, 6) is -0.270. The van der Waals surface area contributed by atoms with Crippen molar-refractivity contribution in [3.05, 3.63) is 18.3 Å². The van der Waals surface area contributed by atoms with Crippen LogP contribution >= 0.6 is 0 Å². The largest absolute Gasteiger partial charge is 0.468 e. The van der Waals surface area contributed by atoms with Gasteiger partial charge in [-0.3, -0.25) is 0 Å². The standard InChI is InChI=1S/C15H19F3N2O4S/c16-15(17,18)10-24-14-6-5-11(9-19-14)25(21,22)20-7-8-23-13-4-2-1-3-12(13)20/h5-6,9,12-13H,1-4,7-8,10H2/t12-,13-/m0/s1. The lowest BCUT2D eigenvalue weighted by Gasteiger charge is -2.42. The minimum absolute atomic E-state index is 0.0573. The third kappa shape index (κ3) is 4.24. The number of rotatable bonds is 4. The SMILES string of the molecule is O=S(=O)(c1ccc(OCC(F)(F)F)nc1)N1CCO[C@H]2CCCC[C@@H]21. The van der Waals surface area contributed by atoms with Crippen LogP contribution in [-0.4, -0.2) is 55.8 Å². The van der Waals surface area contributed by atoms with Crippen molar-refractivity contribution in [1.82, 2.24) is 9.29 Å². The van der Waals surface area contributed by atoms with Gasteiger partial charge in [-0.1, -0.05) is 12.8 Å². The Bertz CT molecular complexity index is 692. The molecule has 25 heavy (non-hydrogen) atoms. The van der Waals surface area contributed by atoms with Gasteiger partial charge in [0.05, 0.1) is 24.9 Å². The summed E-state index contributed by atoms with van der Waals surface area (Å²) < 4.78 is 73.8. The number of ether oxygens (including phenoxy) is 2. The van der Waals surface area contributed by atoms with Gasteiger partial charge in [0.2, 0.25) is 15.9 Å². The van der Waals surface area contributed by atoms with E-state index in [1.165, 1.54) is 10.4 Å². The van der Waals surface area contributed by atoms with Gasteiger partial charge < -0.3 is 9.47 Å². The van der Waals surface area contributed by atoms with Crippen LogP contribution in [0.4, 0.5) is 13.2 Å². The lowest BCUT2D eigenvalue weighted by atomic mass is 9.91. The van der Waals surface area contributed by atoms with Crippen molar-refractivity contribution in [2.45, 2.75) is 48.9 Å². The Morgan fingerprint density at radius 2 is 2.04 bits per heavy atom. The molecule has 2 atom stereocenters. The molecule has 1 aliphatic carbocycles. The van der Waals surface area contributed by atoms with Gasteiger partial charge in [0.25, 0.3) is 0 Å². The smallest absolute Gasteiger partial charge is 0.422 e. The van der Waals surface area contributed by atoms with Gasteiger partial charge >= 0.3 is 6.18 Å². The zero-order valence-electron chi connectivity index (χ0n) is 13.4. The van der Waals surface area contributed by atoms with Gasteiger partial charge in [0.15, 0.2) is 6.61 Å². The Hall–Kier alpha value is -1.39. The van der Waals surface area contributed by atoms with E-state index in [1.54, 1.807) is 0 Å². The number of pyridine rings is 1. The molecule has 0 radical (unpaired) electrons. The number of morpholine rings is 1. The van der Waals surface area contributed by atoms with Crippen LogP contribution in [0, 0.1) is 0 Å². The molecule has 0 bridgehead atoms. The minimum Gasteiger partial charge on any atom is -0.468 e. The van der Waals surface area contributed by atoms with Crippen molar-refractivity contribution in [2.75, 3.05) is 19.8 Å². The summed E-state index contributed by atoms with van der Waals surface area (Å²) >= 11 is 0. The number of aromatic nitrogens is 1. The van der Waals surface area contributed by atoms with E-state index in [4.69, 9.17) is 4.74 Å². The Kier molecular flexibility index (Phi) is 5.21. The lowest BCUT2D eigenvalue weighted by Crippen LogP contribution is -2.54. The van der Waals surface area contributed by atoms with Crippen molar-refractivity contribution in [2.24, 2.45) is 0 Å². The van der Waals surface area contributed by atoms with Gasteiger partial charge in [-0.25, -0.2) is 13.4 Å². The van der Waals surface area contributed by atoms with Crippen molar-refractivity contribution >= 4 is 10.0 Å². The molecule has 10 heteroatoms. The highest BCUT2D eigenvalue weighted by atomic mass is 32.2. The third-order valence-electron chi connectivity index (χ3n) is 4.38. The summed E-state index contributed by atoms with van der Waals surface area (Å²) in [6.45, 7) is -0.879. The summed E-state index contributed by atoms with van der Waals surface area (Å²) in [5.41, 5.74) is 0. The van der Waals surface area contributed by atoms with Crippen molar-refractivity contribution in [1.29, 1.82) is 0 Å². The van der Waals surface area contributed by atoms with E-state index in [0.29, 0.717) is 6.61 Å². The molecule has 1 aromatic heterocycles. The zero-order chi connectivity index (χ0) is 18.1. The lowest BCUT2D eigenvalue weighted by molar-refractivity contribution is -0.154. The molecule has 1 saturated carbocycles. The molecule has 1 aromatic rings. The van der Waals surface area contributed by atoms with E-state index in [1.807, 2.05) is 0 Å². The van der Waals surface area contributed by atoms with Crippen LogP contribution in [0.3, 0.4) is 0 Å². The van der Waals surface area contributed by atoms with E-state index < -0.39 is 22.8 Å². The minimum atomic E-state index is -4.48. The van der Waals surface area contributed by atoms with Crippen LogP contribution in [0.15, 0.2) is 23.2 Å². The molecule has 2 aliphatic rings. The Morgan fingerprint density at radius 3 is 2.72 bits per heavy atom. The average Bonchev–Trinajstić information content (AvgIpc) is 2.59. The van der Waals surface area contributed by atoms with E-state index in [2.05, 4.69) is 9.72 Å². The average molecular weight is 380 g/mol. The fourth-order valence-corrected chi connectivity index (χ4v) is 4.86. The van der Waals surface area contributed by atoms with Crippen LogP contribution in [0.1, 0.15) is 25.7 Å². The normalized spacial score (nSPS) is 25.4. The highest BCUT2D eigenvalue weighted by molar-refractivity contribution is 7.89. The van der Waals surface area contributed by atoms with Gasteiger partial charge in [0.1, 0.15) is 4.90 Å². The van der Waals surface area contributed by atoms with Crippen molar-refractivity contribution < 1.29 is 31.1 Å². The highest BCUT2D eigenvalue weighted by Gasteiger charge is 2.41. The molecular formula is C15H19F3N2O4S. The number of alkyl halides is 3. The Morgan fingerprint density at radius 1 is 1.28 bits per heavy atom. The van der Waals surface area contributed by atoms with Gasteiger partial charge in [0, 0.05) is 12.6 Å². The molecular weight excluding hydrogens is 361 g/mol. The molecule has 1 aliphatic heterocycles. The molecule has 3 rings (SSSR count). The van der Waals surface area contributed by atoms with Gasteiger partial charge in [-0.2, -0.15) is 17.5 Å². The highest BCUT2D eigenvalue weighted by Crippen LogP contribution is 2.32. The maximum absolute atomic E-state index is 12.9. The van der Waals surface area contributed by atoms with Crippen LogP contribution in [0.5, 0.6) is 5.88 Å². The van der Waals surface area contributed by atoms with E-state index in [-0.39, 0.29) is 29.5 Å². The Labute approximate surface area is 144 Å². The monoisotopic (exact) mass is 380 g/mol. The molecule has 1 saturated heterocycles. The predicted octanol–water partition coefficient (Wildman–Crippen LogP) is 2.35. The number of hydrogen-bond donors (Lipinski definition) is 0. The van der Waals surface area contributed by atoms with Crippen LogP contribution in [-0.2, 0) is 14.8 Å². The first-order valence-corrected chi connectivity index (χ1v) is 9.50. The molecule has 140 valence electrons. The van der Waals surface area contributed by atoms with Crippen molar-refractivity contribution in [3.8, 4) is 5.88 Å². The number of sulfonamides is 1. The summed E-state index contributed by atoms with van der Waals surface area (Å²) in [6, 6.07) is 2.16. The van der Waals surface area contributed by atoms with Crippen LogP contribution < -0.4 is 4.74 Å². The molecule has 0 aromatic carbocycles. The number of hydrogen-bond acceptors (Lipinski definition) is 5. The van der Waals surface area contributed by atoms with Crippen LogP contribution in [0.2, 0.25) is 0 Å². The molecule has 2 fully saturated rings. The second-order valence-electron chi connectivity index (χ2n) is 6.11. The number of nitrogens with zero attached hydrogens (tertiary/aromatic N) is 2. The van der Waals surface area contributed by atoms with Gasteiger partial charge in [-0.05, 0) is 18.9 Å². The number of halogens is 3. The van der Waals surface area contributed by atoms with E-state index in [0.717, 1.165) is 37.9 Å². The quantitative estimate of drug-likeness (QED) is 0.802. The summed E-state index contributed by atoms with van der Waals surface area (Å²) in [6.07, 6.45) is -0.00562. The topological polar surface area (TPSA) is 68.7 Å². The van der Waals surface area contributed by atoms with E-state index >= 15 is 0 Å². The molecule has 0 spiro atoms. The van der Waals surface area contributed by atoms with E-state index in [9.17, 15) is 21.6 Å². The maximum atomic E-state index is 12.9. The maximum Gasteiger partial charge on any atom is 0.422 e. The Balaban J connectivity index is 1.75. The first kappa shape index (κ1) is 18.4. The zero-order valence-corrected chi connectivity index (χ0v) is 14.2. The fraction of sp³-hybridized carbons (Fsp3) is 0.667. The fourth-order valence-electron chi connectivity index (χ4n) is 3.26. The summed E-state index contributed by atoms with van der Waals surface area (Å²) in [5, 5.41) is 0. The third-order valence-corrected chi connectivity index (χ3v) is 6.29. The molecule has 6 nitrogen and oxygen atoms in total.